The molecule has 2 atom stereocenters. The van der Waals surface area contributed by atoms with Crippen LogP contribution in [0, 0.1) is 5.82 Å². The van der Waals surface area contributed by atoms with Gasteiger partial charge in [0.25, 0.3) is 0 Å². The van der Waals surface area contributed by atoms with Gasteiger partial charge in [0.1, 0.15) is 29.9 Å². The largest absolute Gasteiger partial charge is 0.490 e. The lowest BCUT2D eigenvalue weighted by atomic mass is 9.89. The summed E-state index contributed by atoms with van der Waals surface area (Å²) >= 11 is 3.22. The van der Waals surface area contributed by atoms with Gasteiger partial charge in [-0.1, -0.05) is 22.0 Å². The van der Waals surface area contributed by atoms with Gasteiger partial charge in [0.15, 0.2) is 0 Å². The van der Waals surface area contributed by atoms with Crippen molar-refractivity contribution in [3.05, 3.63) is 52.3 Å². The van der Waals surface area contributed by atoms with Crippen LogP contribution in [0.25, 0.3) is 0 Å². The maximum atomic E-state index is 14.2. The zero-order chi connectivity index (χ0) is 21.5. The number of halogens is 2. The SMILES string of the molecule is O=S1(=O)CCc2c(cccc2OC[C@]2(O)CCN(c3ccc(Br)cc3F)C[C@H]2O)N1. The third-order valence-corrected chi connectivity index (χ3v) is 7.34. The average Bonchev–Trinajstić information content (AvgIpc) is 2.68. The number of piperidine rings is 1. The molecular weight excluding hydrogens is 479 g/mol. The van der Waals surface area contributed by atoms with Gasteiger partial charge < -0.3 is 19.8 Å². The Bertz CT molecular complexity index is 1070. The molecule has 0 amide bonds. The normalized spacial score (nSPS) is 25.3. The molecule has 162 valence electrons. The van der Waals surface area contributed by atoms with Crippen LogP contribution in [0.4, 0.5) is 15.8 Å². The number of hydrogen-bond donors (Lipinski definition) is 3. The number of aliphatic hydroxyl groups is 2. The minimum absolute atomic E-state index is 0.0407. The molecular formula is C20H22BrFN2O5S. The van der Waals surface area contributed by atoms with E-state index in [-0.39, 0.29) is 25.3 Å². The summed E-state index contributed by atoms with van der Waals surface area (Å²) in [5, 5.41) is 21.5. The van der Waals surface area contributed by atoms with Crippen molar-refractivity contribution in [1.29, 1.82) is 0 Å². The molecule has 10 heteroatoms. The molecule has 0 saturated carbocycles. The first kappa shape index (κ1) is 21.4. The lowest BCUT2D eigenvalue weighted by Gasteiger charge is -2.42. The standard InChI is InChI=1S/C20H22BrFN2O5S/c21-13-4-5-17(15(22)10-13)24-8-7-20(26,19(25)11-24)12-29-18-3-1-2-16-14(18)6-9-30(27,28)23-16/h1-5,10,19,23,25-26H,6-9,11-12H2/t19-,20-/m1/s1. The first-order valence-electron chi connectivity index (χ1n) is 9.52. The summed E-state index contributed by atoms with van der Waals surface area (Å²) in [6.45, 7) is 0.251. The van der Waals surface area contributed by atoms with Gasteiger partial charge in [-0.3, -0.25) is 4.72 Å². The number of hydrogen-bond acceptors (Lipinski definition) is 6. The third kappa shape index (κ3) is 4.27. The Morgan fingerprint density at radius 2 is 2.13 bits per heavy atom. The van der Waals surface area contributed by atoms with Crippen LogP contribution in [0.5, 0.6) is 5.75 Å². The number of sulfonamides is 1. The van der Waals surface area contributed by atoms with E-state index in [1.54, 1.807) is 35.2 Å². The first-order chi connectivity index (χ1) is 14.2. The molecule has 0 aliphatic carbocycles. The van der Waals surface area contributed by atoms with Crippen LogP contribution in [-0.4, -0.2) is 55.8 Å². The number of benzene rings is 2. The highest BCUT2D eigenvalue weighted by Gasteiger charge is 2.42. The molecule has 0 bridgehead atoms. The number of nitrogens with zero attached hydrogens (tertiary/aromatic N) is 1. The smallest absolute Gasteiger partial charge is 0.233 e. The molecule has 2 aromatic carbocycles. The van der Waals surface area contributed by atoms with Crippen LogP contribution in [0.2, 0.25) is 0 Å². The van der Waals surface area contributed by atoms with Gasteiger partial charge in [-0.25, -0.2) is 12.8 Å². The summed E-state index contributed by atoms with van der Waals surface area (Å²) in [5.74, 6) is 0.0228. The fourth-order valence-electron chi connectivity index (χ4n) is 3.80. The number of nitrogens with one attached hydrogen (secondary N) is 1. The third-order valence-electron chi connectivity index (χ3n) is 5.58. The summed E-state index contributed by atoms with van der Waals surface area (Å²) in [5.41, 5.74) is 0.0513. The minimum atomic E-state index is -3.34. The van der Waals surface area contributed by atoms with Crippen LogP contribution >= 0.6 is 15.9 Å². The first-order valence-corrected chi connectivity index (χ1v) is 12.0. The highest BCUT2D eigenvalue weighted by atomic mass is 79.9. The molecule has 0 spiro atoms. The van der Waals surface area contributed by atoms with Gasteiger partial charge in [-0.15, -0.1) is 0 Å². The van der Waals surface area contributed by atoms with Crippen molar-refractivity contribution in [3.63, 3.8) is 0 Å². The Hall–Kier alpha value is -1.88. The second kappa shape index (κ2) is 7.99. The van der Waals surface area contributed by atoms with E-state index >= 15 is 0 Å². The van der Waals surface area contributed by atoms with Crippen molar-refractivity contribution in [3.8, 4) is 5.75 Å². The molecule has 2 aliphatic heterocycles. The average molecular weight is 501 g/mol. The molecule has 0 aromatic heterocycles. The minimum Gasteiger partial charge on any atom is -0.490 e. The van der Waals surface area contributed by atoms with E-state index < -0.39 is 27.5 Å². The summed E-state index contributed by atoms with van der Waals surface area (Å²) in [6.07, 6.45) is -0.656. The Morgan fingerprint density at radius 1 is 1.33 bits per heavy atom. The fourth-order valence-corrected chi connectivity index (χ4v) is 5.24. The molecule has 4 rings (SSSR count). The predicted molar refractivity (Wildman–Crippen MR) is 115 cm³/mol. The van der Waals surface area contributed by atoms with Gasteiger partial charge >= 0.3 is 0 Å². The number of ether oxygens (including phenoxy) is 1. The molecule has 30 heavy (non-hydrogen) atoms. The van der Waals surface area contributed by atoms with Crippen molar-refractivity contribution in [1.82, 2.24) is 0 Å². The maximum absolute atomic E-state index is 14.2. The van der Waals surface area contributed by atoms with Gasteiger partial charge in [0.2, 0.25) is 10.0 Å². The van der Waals surface area contributed by atoms with Crippen molar-refractivity contribution >= 4 is 37.3 Å². The van der Waals surface area contributed by atoms with Crippen LogP contribution in [0.1, 0.15) is 12.0 Å². The topological polar surface area (TPSA) is 99.1 Å². The number of aliphatic hydroxyl groups excluding tert-OH is 1. The lowest BCUT2D eigenvalue weighted by molar-refractivity contribution is -0.109. The highest BCUT2D eigenvalue weighted by Crippen LogP contribution is 2.34. The Labute approximate surface area is 182 Å². The van der Waals surface area contributed by atoms with Crippen molar-refractivity contribution in [2.45, 2.75) is 24.5 Å². The Balaban J connectivity index is 1.45. The van der Waals surface area contributed by atoms with E-state index in [2.05, 4.69) is 20.7 Å². The highest BCUT2D eigenvalue weighted by molar-refractivity contribution is 9.10. The number of rotatable bonds is 4. The fraction of sp³-hybridized carbons (Fsp3) is 0.400. The van der Waals surface area contributed by atoms with Crippen molar-refractivity contribution < 1.29 is 27.8 Å². The van der Waals surface area contributed by atoms with E-state index in [0.29, 0.717) is 34.6 Å². The number of anilines is 2. The quantitative estimate of drug-likeness (QED) is 0.595. The van der Waals surface area contributed by atoms with Gasteiger partial charge in [0, 0.05) is 23.1 Å². The second-order valence-electron chi connectivity index (χ2n) is 7.65. The lowest BCUT2D eigenvalue weighted by Crippen LogP contribution is -2.58. The van der Waals surface area contributed by atoms with Gasteiger partial charge in [0.05, 0.1) is 17.1 Å². The molecule has 2 heterocycles. The van der Waals surface area contributed by atoms with E-state index in [9.17, 15) is 23.0 Å². The van der Waals surface area contributed by atoms with E-state index in [1.807, 2.05) is 0 Å². The second-order valence-corrected chi connectivity index (χ2v) is 10.4. The number of fused-ring (bicyclic) bond motifs is 1. The summed E-state index contributed by atoms with van der Waals surface area (Å²) in [6, 6.07) is 9.75. The molecule has 7 nitrogen and oxygen atoms in total. The summed E-state index contributed by atoms with van der Waals surface area (Å²) < 4.78 is 46.7. The summed E-state index contributed by atoms with van der Waals surface area (Å²) in [7, 11) is -3.34. The van der Waals surface area contributed by atoms with Crippen molar-refractivity contribution in [2.75, 3.05) is 35.1 Å². The molecule has 0 unspecified atom stereocenters. The zero-order valence-electron chi connectivity index (χ0n) is 16.0. The van der Waals surface area contributed by atoms with E-state index in [0.717, 1.165) is 5.56 Å². The Morgan fingerprint density at radius 3 is 2.87 bits per heavy atom. The zero-order valence-corrected chi connectivity index (χ0v) is 18.4. The summed E-state index contributed by atoms with van der Waals surface area (Å²) in [4.78, 5) is 1.69. The van der Waals surface area contributed by atoms with E-state index in [4.69, 9.17) is 4.74 Å². The molecule has 2 aromatic rings. The van der Waals surface area contributed by atoms with E-state index in [1.165, 1.54) is 6.07 Å². The predicted octanol–water partition coefficient (Wildman–Crippen LogP) is 2.27. The van der Waals surface area contributed by atoms with Crippen molar-refractivity contribution in [2.24, 2.45) is 0 Å². The Kier molecular flexibility index (Phi) is 5.69. The molecule has 1 fully saturated rings. The molecule has 2 aliphatic rings. The van der Waals surface area contributed by atoms with Crippen LogP contribution in [0.3, 0.4) is 0 Å². The molecule has 1 saturated heterocycles. The van der Waals surface area contributed by atoms with Gasteiger partial charge in [-0.05, 0) is 43.2 Å². The molecule has 0 radical (unpaired) electrons. The molecule has 3 N–H and O–H groups in total. The van der Waals surface area contributed by atoms with Crippen LogP contribution in [-0.2, 0) is 16.4 Å². The maximum Gasteiger partial charge on any atom is 0.233 e. The van der Waals surface area contributed by atoms with Crippen LogP contribution < -0.4 is 14.4 Å². The number of β-amino-alcohol motifs (C(OH)–C–C–N with tert-alkyl or cyclic N) is 1. The monoisotopic (exact) mass is 500 g/mol. The van der Waals surface area contributed by atoms with Gasteiger partial charge in [-0.2, -0.15) is 0 Å². The van der Waals surface area contributed by atoms with Crippen LogP contribution in [0.15, 0.2) is 40.9 Å².